The first-order valence-electron chi connectivity index (χ1n) is 6.69. The molecule has 0 spiro atoms. The smallest absolute Gasteiger partial charge is 0.243 e. The minimum Gasteiger partial charge on any atom is -0.347 e. The average Bonchev–Trinajstić information content (AvgIpc) is 3.03. The molecule has 1 aliphatic heterocycles. The lowest BCUT2D eigenvalue weighted by molar-refractivity contribution is -0.118. The van der Waals surface area contributed by atoms with Gasteiger partial charge in [-0.1, -0.05) is 6.92 Å². The van der Waals surface area contributed by atoms with Gasteiger partial charge in [0.05, 0.1) is 29.5 Å². The Morgan fingerprint density at radius 1 is 1.60 bits per heavy atom. The summed E-state index contributed by atoms with van der Waals surface area (Å²) in [5.41, 5.74) is 3.08. The summed E-state index contributed by atoms with van der Waals surface area (Å²) < 4.78 is 0. The lowest BCUT2D eigenvalue weighted by Crippen LogP contribution is -2.44. The first-order chi connectivity index (χ1) is 9.67. The summed E-state index contributed by atoms with van der Waals surface area (Å²) in [7, 11) is 0. The highest BCUT2D eigenvalue weighted by atomic mass is 32.1. The third kappa shape index (κ3) is 2.46. The molecule has 20 heavy (non-hydrogen) atoms. The molecule has 3 N–H and O–H groups in total. The summed E-state index contributed by atoms with van der Waals surface area (Å²) >= 11 is 1.53. The molecule has 2 aromatic heterocycles. The largest absolute Gasteiger partial charge is 0.347 e. The summed E-state index contributed by atoms with van der Waals surface area (Å²) in [5, 5.41) is 6.79. The first-order valence-corrected chi connectivity index (χ1v) is 7.50. The number of nitrogens with zero attached hydrogens (tertiary/aromatic N) is 2. The molecule has 7 heteroatoms. The number of hydrogen-bond donors (Lipinski definition) is 3. The quantitative estimate of drug-likeness (QED) is 0.798. The van der Waals surface area contributed by atoms with Crippen LogP contribution in [0.15, 0.2) is 6.33 Å². The molecule has 0 aliphatic carbocycles. The maximum atomic E-state index is 12.3. The van der Waals surface area contributed by atoms with E-state index in [1.807, 2.05) is 6.92 Å². The van der Waals surface area contributed by atoms with E-state index in [4.69, 9.17) is 0 Å². The molecule has 6 nitrogen and oxygen atoms in total. The van der Waals surface area contributed by atoms with Crippen LogP contribution in [0.5, 0.6) is 0 Å². The van der Waals surface area contributed by atoms with Gasteiger partial charge in [0, 0.05) is 17.8 Å². The number of carbonyl (C=O) groups excluding carboxylic acids is 1. The zero-order valence-corrected chi connectivity index (χ0v) is 12.3. The zero-order valence-electron chi connectivity index (χ0n) is 11.5. The lowest BCUT2D eigenvalue weighted by Gasteiger charge is -2.21. The lowest BCUT2D eigenvalue weighted by atomic mass is 10.1. The Balaban J connectivity index is 1.68. The molecule has 2 aromatic rings. The summed E-state index contributed by atoms with van der Waals surface area (Å²) in [6.45, 7) is 4.74. The fourth-order valence-corrected chi connectivity index (χ4v) is 3.26. The predicted molar refractivity (Wildman–Crippen MR) is 77.8 cm³/mol. The number of anilines is 1. The van der Waals surface area contributed by atoms with Crippen molar-refractivity contribution in [2.75, 3.05) is 5.32 Å². The van der Waals surface area contributed by atoms with E-state index in [1.54, 1.807) is 6.33 Å². The summed E-state index contributed by atoms with van der Waals surface area (Å²) in [4.78, 5) is 25.2. The van der Waals surface area contributed by atoms with Crippen molar-refractivity contribution < 1.29 is 4.79 Å². The maximum Gasteiger partial charge on any atom is 0.243 e. The third-order valence-electron chi connectivity index (χ3n) is 3.50. The number of imidazole rings is 1. The molecule has 0 saturated carbocycles. The molecule has 0 bridgehead atoms. The highest BCUT2D eigenvalue weighted by Crippen LogP contribution is 2.23. The summed E-state index contributed by atoms with van der Waals surface area (Å²) in [5.74, 6) is -0.0462. The van der Waals surface area contributed by atoms with Crippen molar-refractivity contribution in [1.29, 1.82) is 0 Å². The minimum atomic E-state index is -0.250. The molecule has 0 aromatic carbocycles. The Bertz CT molecular complexity index is 632. The third-order valence-corrected chi connectivity index (χ3v) is 4.43. The molecular weight excluding hydrogens is 274 g/mol. The number of fused-ring (bicyclic) bond motifs is 1. The van der Waals surface area contributed by atoms with E-state index < -0.39 is 0 Å². The highest BCUT2D eigenvalue weighted by molar-refractivity contribution is 7.15. The molecule has 3 heterocycles. The molecule has 106 valence electrons. The fraction of sp³-hybridized carbons (Fsp3) is 0.462. The number of carbonyl (C=O) groups is 1. The van der Waals surface area contributed by atoms with Crippen LogP contribution in [0.25, 0.3) is 0 Å². The van der Waals surface area contributed by atoms with Crippen molar-refractivity contribution in [3.05, 3.63) is 28.3 Å². The molecule has 1 amide bonds. The van der Waals surface area contributed by atoms with E-state index in [1.165, 1.54) is 11.3 Å². The van der Waals surface area contributed by atoms with Crippen molar-refractivity contribution in [3.8, 4) is 0 Å². The minimum absolute atomic E-state index is 0.0462. The Labute approximate surface area is 121 Å². The molecule has 0 saturated heterocycles. The summed E-state index contributed by atoms with van der Waals surface area (Å²) in [6.07, 6.45) is 3.16. The normalized spacial score (nSPS) is 17.8. The monoisotopic (exact) mass is 291 g/mol. The van der Waals surface area contributed by atoms with Gasteiger partial charge in [0.25, 0.3) is 0 Å². The predicted octanol–water partition coefficient (Wildman–Crippen LogP) is 1.39. The van der Waals surface area contributed by atoms with Crippen molar-refractivity contribution >= 4 is 22.4 Å². The van der Waals surface area contributed by atoms with Gasteiger partial charge in [0.1, 0.15) is 0 Å². The first kappa shape index (κ1) is 13.3. The Kier molecular flexibility index (Phi) is 3.54. The molecule has 1 unspecified atom stereocenters. The van der Waals surface area contributed by atoms with Gasteiger partial charge in [-0.05, 0) is 13.3 Å². The van der Waals surface area contributed by atoms with Gasteiger partial charge in [-0.15, -0.1) is 11.3 Å². The Morgan fingerprint density at radius 2 is 2.45 bits per heavy atom. The van der Waals surface area contributed by atoms with Crippen LogP contribution < -0.4 is 10.6 Å². The number of thiazole rings is 1. The number of aromatic amines is 1. The van der Waals surface area contributed by atoms with Crippen LogP contribution >= 0.6 is 11.3 Å². The van der Waals surface area contributed by atoms with Crippen LogP contribution in [0.1, 0.15) is 28.9 Å². The number of hydrogen-bond acceptors (Lipinski definition) is 5. The van der Waals surface area contributed by atoms with Gasteiger partial charge in [-0.2, -0.15) is 0 Å². The van der Waals surface area contributed by atoms with Crippen molar-refractivity contribution in [2.24, 2.45) is 0 Å². The van der Waals surface area contributed by atoms with Gasteiger partial charge < -0.3 is 10.3 Å². The topological polar surface area (TPSA) is 82.7 Å². The van der Waals surface area contributed by atoms with Crippen molar-refractivity contribution in [2.45, 2.75) is 39.3 Å². The second-order valence-electron chi connectivity index (χ2n) is 4.83. The van der Waals surface area contributed by atoms with Gasteiger partial charge in [0.15, 0.2) is 5.13 Å². The molecule has 1 aliphatic rings. The SMILES string of the molecule is CCc1nc(NC(=O)C2Cc3nc[nH]c3CN2)sc1C. The van der Waals surface area contributed by atoms with Crippen molar-refractivity contribution in [3.63, 3.8) is 0 Å². The van der Waals surface area contributed by atoms with Crippen LogP contribution in [0, 0.1) is 6.92 Å². The van der Waals surface area contributed by atoms with E-state index >= 15 is 0 Å². The molecule has 3 rings (SSSR count). The van der Waals surface area contributed by atoms with E-state index in [0.717, 1.165) is 28.4 Å². The van der Waals surface area contributed by atoms with E-state index in [0.29, 0.717) is 18.1 Å². The number of aromatic nitrogens is 3. The zero-order chi connectivity index (χ0) is 14.1. The number of aryl methyl sites for hydroxylation is 2. The second-order valence-corrected chi connectivity index (χ2v) is 6.03. The highest BCUT2D eigenvalue weighted by Gasteiger charge is 2.26. The van der Waals surface area contributed by atoms with Crippen LogP contribution in [0.3, 0.4) is 0 Å². The maximum absolute atomic E-state index is 12.3. The number of rotatable bonds is 3. The summed E-state index contributed by atoms with van der Waals surface area (Å²) in [6, 6.07) is -0.250. The van der Waals surface area contributed by atoms with Crippen LogP contribution in [0.2, 0.25) is 0 Å². The average molecular weight is 291 g/mol. The molecule has 1 atom stereocenters. The van der Waals surface area contributed by atoms with E-state index in [-0.39, 0.29) is 11.9 Å². The van der Waals surface area contributed by atoms with E-state index in [2.05, 4.69) is 32.5 Å². The van der Waals surface area contributed by atoms with Gasteiger partial charge in [-0.3, -0.25) is 10.1 Å². The Morgan fingerprint density at radius 3 is 3.20 bits per heavy atom. The van der Waals surface area contributed by atoms with Crippen molar-refractivity contribution in [1.82, 2.24) is 20.3 Å². The molecule has 0 fully saturated rings. The molecular formula is C13H17N5OS. The van der Waals surface area contributed by atoms with E-state index in [9.17, 15) is 4.79 Å². The fourth-order valence-electron chi connectivity index (χ4n) is 2.36. The standard InChI is InChI=1S/C13H17N5OS/c1-3-8-7(2)20-13(17-8)18-12(19)10-4-9-11(5-14-10)16-6-15-9/h6,10,14H,3-5H2,1-2H3,(H,15,16)(H,17,18,19). The van der Waals surface area contributed by atoms with Crippen LogP contribution in [-0.4, -0.2) is 26.9 Å². The molecule has 0 radical (unpaired) electrons. The van der Waals surface area contributed by atoms with Crippen LogP contribution in [0.4, 0.5) is 5.13 Å². The Hall–Kier alpha value is -1.73. The van der Waals surface area contributed by atoms with Gasteiger partial charge >= 0.3 is 0 Å². The number of H-pyrrole nitrogens is 1. The van der Waals surface area contributed by atoms with Crippen LogP contribution in [-0.2, 0) is 24.2 Å². The van der Waals surface area contributed by atoms with Gasteiger partial charge in [-0.25, -0.2) is 9.97 Å². The van der Waals surface area contributed by atoms with Gasteiger partial charge in [0.2, 0.25) is 5.91 Å². The number of amides is 1. The second kappa shape index (κ2) is 5.34. The number of nitrogens with one attached hydrogen (secondary N) is 3.